The van der Waals surface area contributed by atoms with Crippen LogP contribution in [0.25, 0.3) is 0 Å². The van der Waals surface area contributed by atoms with Gasteiger partial charge in [0.2, 0.25) is 0 Å². The van der Waals surface area contributed by atoms with E-state index in [1.54, 1.807) is 0 Å². The van der Waals surface area contributed by atoms with Crippen LogP contribution < -0.4 is 10.2 Å². The van der Waals surface area contributed by atoms with Gasteiger partial charge in [-0.1, -0.05) is 0 Å². The van der Waals surface area contributed by atoms with Gasteiger partial charge in [-0.3, -0.25) is 0 Å². The number of hydrogen-bond donors (Lipinski definition) is 0. The second-order valence-corrected chi connectivity index (χ2v) is 3.87. The number of aliphatic carboxylic acids is 2. The van der Waals surface area contributed by atoms with Crippen LogP contribution in [0.15, 0.2) is 0 Å². The number of halogens is 14. The summed E-state index contributed by atoms with van der Waals surface area (Å²) < 4.78 is 160. The molecule has 0 N–H and O–H groups in total. The van der Waals surface area contributed by atoms with Crippen molar-refractivity contribution in [3.8, 4) is 0 Å². The van der Waals surface area contributed by atoms with Crippen molar-refractivity contribution in [2.75, 3.05) is 0 Å². The van der Waals surface area contributed by atoms with Crippen LogP contribution in [0.5, 0.6) is 0 Å². The molecule has 0 aromatic carbocycles. The van der Waals surface area contributed by atoms with Gasteiger partial charge in [-0.25, -0.2) is 0 Å². The average molecular weight is 527 g/mol. The zero-order valence-corrected chi connectivity index (χ0v) is 13.0. The standard InChI is InChI=1S/2C4HF7O2.Ru/c2*5-2(6,1(12)13)3(7,8)4(9,10)11;/h2*(H,12,13);/q;;+2/p-2. The molecule has 0 aromatic heterocycles. The minimum absolute atomic E-state index is 0. The molecule has 0 atom stereocenters. The van der Waals surface area contributed by atoms with E-state index in [1.165, 1.54) is 0 Å². The van der Waals surface area contributed by atoms with Crippen LogP contribution >= 0.6 is 0 Å². The fraction of sp³-hybridized carbons (Fsp3) is 0.750. The SMILES string of the molecule is O=C([O-])C(F)(F)C(F)(F)C(F)(F)F.O=C([O-])C(F)(F)C(F)(F)C(F)(F)F.[Ru+2]. The largest absolute Gasteiger partial charge is 2.00 e. The van der Waals surface area contributed by atoms with E-state index in [0.29, 0.717) is 0 Å². The molecule has 0 amide bonds. The van der Waals surface area contributed by atoms with Crippen LogP contribution in [-0.4, -0.2) is 48.0 Å². The van der Waals surface area contributed by atoms with Gasteiger partial charge < -0.3 is 19.8 Å². The predicted octanol–water partition coefficient (Wildman–Crippen LogP) is 1.14. The van der Waals surface area contributed by atoms with E-state index >= 15 is 0 Å². The predicted molar refractivity (Wildman–Crippen MR) is 41.9 cm³/mol. The second kappa shape index (κ2) is 8.30. The van der Waals surface area contributed by atoms with Crippen molar-refractivity contribution in [2.45, 2.75) is 36.0 Å². The molecule has 0 aromatic rings. The molecule has 0 bridgehead atoms. The zero-order valence-electron chi connectivity index (χ0n) is 11.3. The van der Waals surface area contributed by atoms with Crippen molar-refractivity contribution in [1.29, 1.82) is 0 Å². The van der Waals surface area contributed by atoms with Crippen LogP contribution in [0.1, 0.15) is 0 Å². The molecular weight excluding hydrogens is 527 g/mol. The normalized spacial score (nSPS) is 13.9. The molecule has 4 nitrogen and oxygen atoms in total. The monoisotopic (exact) mass is 528 g/mol. The summed E-state index contributed by atoms with van der Waals surface area (Å²) in [7, 11) is 0. The van der Waals surface area contributed by atoms with Crippen molar-refractivity contribution in [3.05, 3.63) is 0 Å². The van der Waals surface area contributed by atoms with Crippen molar-refractivity contribution >= 4 is 11.9 Å². The number of carbonyl (C=O) groups excluding carboxylic acids is 2. The molecular formula is C8F14O4Ru. The Balaban J connectivity index is -0.000000411. The molecule has 0 aliphatic rings. The molecule has 0 rings (SSSR count). The van der Waals surface area contributed by atoms with Crippen LogP contribution in [-0.2, 0) is 29.1 Å². The number of rotatable bonds is 4. The van der Waals surface area contributed by atoms with Crippen LogP contribution in [0.2, 0.25) is 0 Å². The van der Waals surface area contributed by atoms with Gasteiger partial charge >= 0.3 is 55.5 Å². The number of carboxylic acid groups (broad SMARTS) is 2. The third-order valence-electron chi connectivity index (χ3n) is 2.01. The van der Waals surface area contributed by atoms with Crippen molar-refractivity contribution in [1.82, 2.24) is 0 Å². The molecule has 0 saturated heterocycles. The minimum Gasteiger partial charge on any atom is -0.544 e. The Hall–Kier alpha value is -1.42. The Kier molecular flexibility index (Phi) is 9.32. The van der Waals surface area contributed by atoms with E-state index in [4.69, 9.17) is 0 Å². The van der Waals surface area contributed by atoms with Gasteiger partial charge in [0.15, 0.2) is 0 Å². The summed E-state index contributed by atoms with van der Waals surface area (Å²) in [5, 5.41) is 18.5. The van der Waals surface area contributed by atoms with Gasteiger partial charge in [-0.05, 0) is 0 Å². The fourth-order valence-corrected chi connectivity index (χ4v) is 0.612. The van der Waals surface area contributed by atoms with E-state index < -0.39 is 48.0 Å². The first-order valence-electron chi connectivity index (χ1n) is 4.96. The smallest absolute Gasteiger partial charge is 0.544 e. The third-order valence-corrected chi connectivity index (χ3v) is 2.01. The molecule has 0 saturated carbocycles. The van der Waals surface area contributed by atoms with Crippen molar-refractivity contribution in [3.63, 3.8) is 0 Å². The summed E-state index contributed by atoms with van der Waals surface area (Å²) in [6.45, 7) is 0. The van der Waals surface area contributed by atoms with E-state index in [0.717, 1.165) is 0 Å². The Labute approximate surface area is 149 Å². The topological polar surface area (TPSA) is 80.3 Å². The van der Waals surface area contributed by atoms with Gasteiger partial charge in [0.1, 0.15) is 11.9 Å². The number of alkyl halides is 14. The average Bonchev–Trinajstić information content (AvgIpc) is 2.35. The Morgan fingerprint density at radius 1 is 0.481 bits per heavy atom. The maximum atomic E-state index is 11.7. The Morgan fingerprint density at radius 3 is 0.667 bits per heavy atom. The number of carbonyl (C=O) groups is 2. The molecule has 27 heavy (non-hydrogen) atoms. The third kappa shape index (κ3) is 5.78. The van der Waals surface area contributed by atoms with Crippen LogP contribution in [0.4, 0.5) is 61.5 Å². The van der Waals surface area contributed by atoms with Crippen LogP contribution in [0, 0.1) is 0 Å². The second-order valence-electron chi connectivity index (χ2n) is 3.87. The van der Waals surface area contributed by atoms with Crippen LogP contribution in [0.3, 0.4) is 0 Å². The van der Waals surface area contributed by atoms with E-state index in [-0.39, 0.29) is 19.5 Å². The fourth-order valence-electron chi connectivity index (χ4n) is 0.612. The number of carboxylic acids is 2. The zero-order chi connectivity index (χ0) is 22.2. The Bertz CT molecular complexity index is 488. The van der Waals surface area contributed by atoms with Gasteiger partial charge in [-0.15, -0.1) is 0 Å². The molecule has 0 fully saturated rings. The molecule has 0 unspecified atom stereocenters. The molecule has 0 spiro atoms. The quantitative estimate of drug-likeness (QED) is 0.406. The van der Waals surface area contributed by atoms with Crippen molar-refractivity contribution in [2.24, 2.45) is 0 Å². The first kappa shape index (κ1) is 30.3. The van der Waals surface area contributed by atoms with Gasteiger partial charge in [0.25, 0.3) is 0 Å². The molecule has 0 radical (unpaired) electrons. The van der Waals surface area contributed by atoms with E-state index in [2.05, 4.69) is 0 Å². The summed E-state index contributed by atoms with van der Waals surface area (Å²) >= 11 is 0. The Morgan fingerprint density at radius 2 is 0.630 bits per heavy atom. The molecule has 19 heteroatoms. The first-order valence-corrected chi connectivity index (χ1v) is 4.96. The molecule has 0 aliphatic heterocycles. The van der Waals surface area contributed by atoms with E-state index in [9.17, 15) is 81.3 Å². The summed E-state index contributed by atoms with van der Waals surface area (Å²) in [6, 6.07) is 0. The molecule has 0 heterocycles. The van der Waals surface area contributed by atoms with E-state index in [1.807, 2.05) is 0 Å². The summed E-state index contributed by atoms with van der Waals surface area (Å²) in [5.41, 5.74) is 0. The summed E-state index contributed by atoms with van der Waals surface area (Å²) in [6.07, 6.45) is -13.3. The van der Waals surface area contributed by atoms with Gasteiger partial charge in [0.05, 0.1) is 0 Å². The van der Waals surface area contributed by atoms with Crippen molar-refractivity contribution < 1.29 is 101 Å². The maximum Gasteiger partial charge on any atom is 2.00 e. The first-order chi connectivity index (χ1) is 10.9. The molecule has 0 aliphatic carbocycles. The summed E-state index contributed by atoms with van der Waals surface area (Å²) in [5.74, 6) is -33.4. The minimum atomic E-state index is -6.64. The molecule has 162 valence electrons. The summed E-state index contributed by atoms with van der Waals surface area (Å²) in [4.78, 5) is 18.5. The maximum absolute atomic E-state index is 11.7. The number of hydrogen-bond acceptors (Lipinski definition) is 4. The van der Waals surface area contributed by atoms with Gasteiger partial charge in [-0.2, -0.15) is 61.5 Å². The van der Waals surface area contributed by atoms with Gasteiger partial charge in [0, 0.05) is 0 Å².